The van der Waals surface area contributed by atoms with Gasteiger partial charge in [-0.05, 0) is 32.0 Å². The minimum atomic E-state index is -3.79. The molecule has 5 rings (SSSR count). The van der Waals surface area contributed by atoms with Gasteiger partial charge in [0.15, 0.2) is 5.03 Å². The van der Waals surface area contributed by atoms with Gasteiger partial charge in [-0.25, -0.2) is 13.4 Å². The number of aliphatic hydroxyl groups is 1. The topological polar surface area (TPSA) is 107 Å². The highest BCUT2D eigenvalue weighted by molar-refractivity contribution is 8.00. The molecule has 0 radical (unpaired) electrons. The van der Waals surface area contributed by atoms with Crippen LogP contribution in [0.3, 0.4) is 0 Å². The molecule has 0 amide bonds. The molecule has 3 aliphatic heterocycles. The minimum absolute atomic E-state index is 0.0495. The molecule has 150 valence electrons. The Hall–Kier alpha value is -2.62. The number of aromatic nitrogens is 1. The third-order valence-corrected chi connectivity index (χ3v) is 7.26. The Kier molecular flexibility index (Phi) is 4.27. The molecular formula is C20H21N5O3S. The van der Waals surface area contributed by atoms with E-state index in [1.807, 2.05) is 0 Å². The number of benzene rings is 1. The number of hydrogen-bond acceptors (Lipinski definition) is 8. The average Bonchev–Trinajstić information content (AvgIpc) is 3.44. The van der Waals surface area contributed by atoms with Crippen LogP contribution in [0.25, 0.3) is 5.03 Å². The highest BCUT2D eigenvalue weighted by Gasteiger charge is 2.38. The predicted octanol–water partition coefficient (Wildman–Crippen LogP) is -0.438. The zero-order valence-electron chi connectivity index (χ0n) is 15.9. The lowest BCUT2D eigenvalue weighted by Gasteiger charge is -2.33. The molecule has 1 aromatic carbocycles. The van der Waals surface area contributed by atoms with Crippen LogP contribution in [0.1, 0.15) is 18.9 Å². The molecule has 1 aromatic heterocycles. The van der Waals surface area contributed by atoms with E-state index in [4.69, 9.17) is 0 Å². The number of nitrogens with zero attached hydrogens (tertiary/aromatic N) is 4. The lowest BCUT2D eigenvalue weighted by Crippen LogP contribution is -2.47. The maximum Gasteiger partial charge on any atom is 0.226 e. The first-order valence-corrected chi connectivity index (χ1v) is 11.1. The van der Waals surface area contributed by atoms with Crippen LogP contribution in [0, 0.1) is 0 Å². The molecule has 1 saturated heterocycles. The number of aliphatic imine (C=N–C) groups is 1. The number of rotatable bonds is 4. The molecule has 1 fully saturated rings. The first-order chi connectivity index (χ1) is 14.0. The number of anilines is 1. The van der Waals surface area contributed by atoms with E-state index in [9.17, 15) is 13.5 Å². The summed E-state index contributed by atoms with van der Waals surface area (Å²) >= 11 is 0. The quantitative estimate of drug-likeness (QED) is 0.707. The molecule has 4 heterocycles. The lowest BCUT2D eigenvalue weighted by molar-refractivity contribution is 0.159. The first kappa shape index (κ1) is 18.4. The molecule has 3 atom stereocenters. The van der Waals surface area contributed by atoms with E-state index in [0.29, 0.717) is 16.3 Å². The van der Waals surface area contributed by atoms with Gasteiger partial charge >= 0.3 is 0 Å². The van der Waals surface area contributed by atoms with Gasteiger partial charge in [0, 0.05) is 24.4 Å². The van der Waals surface area contributed by atoms with Crippen molar-refractivity contribution in [2.45, 2.75) is 36.6 Å². The lowest BCUT2D eigenvalue weighted by atomic mass is 10.1. The average molecular weight is 411 g/mol. The second-order valence-corrected chi connectivity index (χ2v) is 9.34. The van der Waals surface area contributed by atoms with Gasteiger partial charge in [-0.2, -0.15) is 0 Å². The van der Waals surface area contributed by atoms with Gasteiger partial charge in [0.25, 0.3) is 0 Å². The fourth-order valence-corrected chi connectivity index (χ4v) is 5.56. The van der Waals surface area contributed by atoms with Crippen LogP contribution >= 0.6 is 0 Å². The number of pyridine rings is 1. The van der Waals surface area contributed by atoms with Crippen LogP contribution in [0.5, 0.6) is 0 Å². The number of fused-ring (bicyclic) bond motifs is 3. The maximum absolute atomic E-state index is 13.1. The molecule has 2 unspecified atom stereocenters. The van der Waals surface area contributed by atoms with Crippen LogP contribution in [0.4, 0.5) is 5.69 Å². The van der Waals surface area contributed by atoms with Crippen LogP contribution in [0.15, 0.2) is 51.4 Å². The van der Waals surface area contributed by atoms with Crippen molar-refractivity contribution < 1.29 is 13.5 Å². The Labute approximate surface area is 168 Å². The van der Waals surface area contributed by atoms with Crippen molar-refractivity contribution in [3.05, 3.63) is 52.8 Å². The highest BCUT2D eigenvalue weighted by Crippen LogP contribution is 2.30. The van der Waals surface area contributed by atoms with E-state index in [-0.39, 0.29) is 16.0 Å². The Balaban J connectivity index is 1.71. The number of nitrogens with one attached hydrogen (secondary N) is 1. The largest absolute Gasteiger partial charge is 0.389 e. The third-order valence-electron chi connectivity index (χ3n) is 5.56. The first-order valence-electron chi connectivity index (χ1n) is 9.61. The molecule has 29 heavy (non-hydrogen) atoms. The smallest absolute Gasteiger partial charge is 0.226 e. The van der Waals surface area contributed by atoms with Gasteiger partial charge in [0.05, 0.1) is 22.9 Å². The molecule has 8 nitrogen and oxygen atoms in total. The number of aliphatic hydroxyl groups excluding tert-OH is 1. The summed E-state index contributed by atoms with van der Waals surface area (Å²) in [5.74, 6) is 0. The summed E-state index contributed by atoms with van der Waals surface area (Å²) < 4.78 is 26.3. The monoisotopic (exact) mass is 411 g/mol. The van der Waals surface area contributed by atoms with Crippen molar-refractivity contribution in [1.82, 2.24) is 10.3 Å². The molecule has 0 bridgehead atoms. The van der Waals surface area contributed by atoms with Gasteiger partial charge in [0.1, 0.15) is 16.9 Å². The fraction of sp³-hybridized carbons (Fsp3) is 0.350. The minimum Gasteiger partial charge on any atom is -0.389 e. The second kappa shape index (κ2) is 6.72. The van der Waals surface area contributed by atoms with Gasteiger partial charge in [-0.15, -0.1) is 0 Å². The molecule has 2 N–H and O–H groups in total. The number of sulfone groups is 1. The Morgan fingerprint density at radius 1 is 1.28 bits per heavy atom. The molecule has 9 heteroatoms. The van der Waals surface area contributed by atoms with E-state index in [1.54, 1.807) is 49.7 Å². The molecule has 0 aliphatic carbocycles. The fourth-order valence-electron chi connectivity index (χ4n) is 4.21. The Morgan fingerprint density at radius 2 is 2.07 bits per heavy atom. The number of hydrogen-bond donors (Lipinski definition) is 2. The zero-order chi connectivity index (χ0) is 20.2. The van der Waals surface area contributed by atoms with Gasteiger partial charge < -0.3 is 15.3 Å². The summed E-state index contributed by atoms with van der Waals surface area (Å²) in [6.07, 6.45) is 2.97. The van der Waals surface area contributed by atoms with Crippen molar-refractivity contribution in [3.8, 4) is 0 Å². The van der Waals surface area contributed by atoms with Crippen molar-refractivity contribution in [2.24, 2.45) is 9.98 Å². The summed E-state index contributed by atoms with van der Waals surface area (Å²) in [4.78, 5) is 15.6. The van der Waals surface area contributed by atoms with E-state index < -0.39 is 22.1 Å². The van der Waals surface area contributed by atoms with E-state index in [1.165, 1.54) is 0 Å². The van der Waals surface area contributed by atoms with Gasteiger partial charge in [-0.3, -0.25) is 9.98 Å². The van der Waals surface area contributed by atoms with Gasteiger partial charge in [0.2, 0.25) is 9.84 Å². The zero-order valence-corrected chi connectivity index (χ0v) is 16.7. The normalized spacial score (nSPS) is 23.8. The van der Waals surface area contributed by atoms with Gasteiger partial charge in [-0.1, -0.05) is 18.2 Å². The van der Waals surface area contributed by atoms with Crippen LogP contribution in [-0.2, 0) is 9.84 Å². The SMILES string of the molecule is CC(O)C1N=c2cnc3c(c2N1[C@H]1CCNC1)C=NC=3S(=O)(=O)c1ccccc1. The summed E-state index contributed by atoms with van der Waals surface area (Å²) in [7, 11) is -3.79. The van der Waals surface area contributed by atoms with Crippen molar-refractivity contribution in [3.63, 3.8) is 0 Å². The highest BCUT2D eigenvalue weighted by atomic mass is 32.2. The molecule has 0 saturated carbocycles. The van der Waals surface area contributed by atoms with Crippen molar-refractivity contribution in [1.29, 1.82) is 0 Å². The van der Waals surface area contributed by atoms with Crippen LogP contribution in [-0.4, -0.2) is 56.1 Å². The summed E-state index contributed by atoms with van der Waals surface area (Å²) in [5.41, 5.74) is 1.45. The van der Waals surface area contributed by atoms with Crippen molar-refractivity contribution >= 4 is 26.8 Å². The van der Waals surface area contributed by atoms with E-state index in [2.05, 4.69) is 25.2 Å². The van der Waals surface area contributed by atoms with Crippen molar-refractivity contribution in [2.75, 3.05) is 18.0 Å². The maximum atomic E-state index is 13.1. The summed E-state index contributed by atoms with van der Waals surface area (Å²) in [5, 5.41) is 14.6. The van der Waals surface area contributed by atoms with Crippen LogP contribution < -0.4 is 20.9 Å². The standard InChI is InChI=1S/C20H21N5O3S/c1-12(26)19-24-16-11-22-17-15(18(16)25(19)13-7-8-21-9-13)10-23-20(17)29(27,28)14-5-3-2-4-6-14/h2-6,10-13,19,21,26H,7-9H2,1H3/t12?,13-,19?/m0/s1. The predicted molar refractivity (Wildman–Crippen MR) is 109 cm³/mol. The second-order valence-electron chi connectivity index (χ2n) is 7.47. The van der Waals surface area contributed by atoms with E-state index >= 15 is 0 Å². The summed E-state index contributed by atoms with van der Waals surface area (Å²) in [6, 6.07) is 8.41. The Bertz CT molecular complexity index is 1220. The Morgan fingerprint density at radius 3 is 2.76 bits per heavy atom. The molecule has 3 aliphatic rings. The summed E-state index contributed by atoms with van der Waals surface area (Å²) in [6.45, 7) is 3.39. The van der Waals surface area contributed by atoms with Crippen LogP contribution in [0.2, 0.25) is 0 Å². The third kappa shape index (κ3) is 2.80. The molecule has 2 aromatic rings. The molecule has 0 spiro atoms. The van der Waals surface area contributed by atoms with E-state index in [0.717, 1.165) is 25.2 Å². The molecular weight excluding hydrogens is 390 g/mol.